The standard InChI is InChI=1S/C8H13N3O2/c1-2-3-4-5-11-7(12)9-6-10-8(11)13/h6H,2-5H2,1H3,(H,9,10,12,13). The zero-order valence-electron chi connectivity index (χ0n) is 7.62. The Morgan fingerprint density at radius 1 is 1.46 bits per heavy atom. The van der Waals surface area contributed by atoms with Crippen molar-refractivity contribution in [3.05, 3.63) is 27.3 Å². The lowest BCUT2D eigenvalue weighted by Gasteiger charge is -2.00. The van der Waals surface area contributed by atoms with E-state index in [0.29, 0.717) is 6.54 Å². The van der Waals surface area contributed by atoms with Crippen LogP contribution >= 0.6 is 0 Å². The van der Waals surface area contributed by atoms with Crippen LogP contribution in [0.3, 0.4) is 0 Å². The lowest BCUT2D eigenvalue weighted by molar-refractivity contribution is 0.549. The lowest BCUT2D eigenvalue weighted by atomic mass is 10.2. The fourth-order valence-corrected chi connectivity index (χ4v) is 1.09. The van der Waals surface area contributed by atoms with Crippen LogP contribution in [0.25, 0.3) is 0 Å². The van der Waals surface area contributed by atoms with E-state index in [0.717, 1.165) is 30.2 Å². The molecule has 72 valence electrons. The summed E-state index contributed by atoms with van der Waals surface area (Å²) in [5.74, 6) is 0. The second-order valence-electron chi connectivity index (χ2n) is 2.85. The molecule has 1 rings (SSSR count). The van der Waals surface area contributed by atoms with Crippen molar-refractivity contribution < 1.29 is 0 Å². The molecule has 0 unspecified atom stereocenters. The van der Waals surface area contributed by atoms with E-state index in [4.69, 9.17) is 0 Å². The average Bonchev–Trinajstić information content (AvgIpc) is 2.10. The van der Waals surface area contributed by atoms with Crippen molar-refractivity contribution in [3.8, 4) is 0 Å². The van der Waals surface area contributed by atoms with Gasteiger partial charge in [0.2, 0.25) is 0 Å². The second kappa shape index (κ2) is 4.59. The quantitative estimate of drug-likeness (QED) is 0.674. The van der Waals surface area contributed by atoms with Gasteiger partial charge in [-0.1, -0.05) is 19.8 Å². The first kappa shape index (κ1) is 9.70. The molecule has 0 aliphatic rings. The Hall–Kier alpha value is -1.39. The molecule has 0 amide bonds. The van der Waals surface area contributed by atoms with E-state index >= 15 is 0 Å². The van der Waals surface area contributed by atoms with Gasteiger partial charge >= 0.3 is 11.4 Å². The summed E-state index contributed by atoms with van der Waals surface area (Å²) in [4.78, 5) is 28.0. The van der Waals surface area contributed by atoms with E-state index < -0.39 is 5.69 Å². The van der Waals surface area contributed by atoms with Crippen molar-refractivity contribution in [2.45, 2.75) is 32.7 Å². The summed E-state index contributed by atoms with van der Waals surface area (Å²) in [7, 11) is 0. The van der Waals surface area contributed by atoms with Gasteiger partial charge in [-0.3, -0.25) is 4.98 Å². The van der Waals surface area contributed by atoms with Crippen LogP contribution in [-0.2, 0) is 6.54 Å². The van der Waals surface area contributed by atoms with Gasteiger partial charge in [0, 0.05) is 6.54 Å². The predicted molar refractivity (Wildman–Crippen MR) is 48.6 cm³/mol. The Labute approximate surface area is 75.4 Å². The third-order valence-electron chi connectivity index (χ3n) is 1.82. The van der Waals surface area contributed by atoms with Gasteiger partial charge in [-0.2, -0.15) is 4.98 Å². The van der Waals surface area contributed by atoms with Crippen LogP contribution in [0.2, 0.25) is 0 Å². The summed E-state index contributed by atoms with van der Waals surface area (Å²) in [6.45, 7) is 2.52. The topological polar surface area (TPSA) is 67.8 Å². The summed E-state index contributed by atoms with van der Waals surface area (Å²) in [5, 5.41) is 0. The summed E-state index contributed by atoms with van der Waals surface area (Å²) in [6.07, 6.45) is 4.04. The number of unbranched alkanes of at least 4 members (excludes halogenated alkanes) is 2. The highest BCUT2D eigenvalue weighted by molar-refractivity contribution is 4.67. The van der Waals surface area contributed by atoms with E-state index in [9.17, 15) is 9.59 Å². The molecule has 13 heavy (non-hydrogen) atoms. The molecule has 0 aliphatic heterocycles. The van der Waals surface area contributed by atoms with E-state index in [1.165, 1.54) is 0 Å². The van der Waals surface area contributed by atoms with Gasteiger partial charge in [-0.15, -0.1) is 0 Å². The molecule has 0 bridgehead atoms. The van der Waals surface area contributed by atoms with Gasteiger partial charge in [-0.05, 0) is 6.42 Å². The Balaban J connectivity index is 2.76. The van der Waals surface area contributed by atoms with Crippen molar-refractivity contribution in [3.63, 3.8) is 0 Å². The molecule has 1 aromatic heterocycles. The maximum Gasteiger partial charge on any atom is 0.353 e. The van der Waals surface area contributed by atoms with Crippen molar-refractivity contribution >= 4 is 0 Å². The molecule has 0 fully saturated rings. The van der Waals surface area contributed by atoms with E-state index in [2.05, 4.69) is 16.9 Å². The van der Waals surface area contributed by atoms with Crippen LogP contribution in [0.5, 0.6) is 0 Å². The zero-order chi connectivity index (χ0) is 9.68. The first-order chi connectivity index (χ1) is 6.25. The monoisotopic (exact) mass is 183 g/mol. The average molecular weight is 183 g/mol. The number of hydrogen-bond donors (Lipinski definition) is 1. The van der Waals surface area contributed by atoms with Crippen molar-refractivity contribution in [2.24, 2.45) is 0 Å². The van der Waals surface area contributed by atoms with E-state index in [-0.39, 0.29) is 5.69 Å². The van der Waals surface area contributed by atoms with Gasteiger partial charge in [0.1, 0.15) is 6.33 Å². The maximum absolute atomic E-state index is 11.1. The number of rotatable bonds is 4. The number of nitrogens with one attached hydrogen (secondary N) is 1. The largest absolute Gasteiger partial charge is 0.353 e. The Bertz CT molecular complexity index is 338. The lowest BCUT2D eigenvalue weighted by Crippen LogP contribution is -2.36. The number of hydrogen-bond acceptors (Lipinski definition) is 3. The summed E-state index contributed by atoms with van der Waals surface area (Å²) < 4.78 is 1.12. The van der Waals surface area contributed by atoms with Gasteiger partial charge in [0.15, 0.2) is 0 Å². The van der Waals surface area contributed by atoms with Gasteiger partial charge in [0.25, 0.3) is 0 Å². The molecule has 0 spiro atoms. The summed E-state index contributed by atoms with van der Waals surface area (Å²) >= 11 is 0. The number of aromatic nitrogens is 3. The van der Waals surface area contributed by atoms with Crippen LogP contribution in [0.15, 0.2) is 15.9 Å². The van der Waals surface area contributed by atoms with Gasteiger partial charge in [-0.25, -0.2) is 14.2 Å². The third-order valence-corrected chi connectivity index (χ3v) is 1.82. The second-order valence-corrected chi connectivity index (χ2v) is 2.85. The molecule has 0 atom stereocenters. The van der Waals surface area contributed by atoms with Crippen LogP contribution in [0.4, 0.5) is 0 Å². The summed E-state index contributed by atoms with van der Waals surface area (Å²) in [6, 6.07) is 0. The van der Waals surface area contributed by atoms with Crippen molar-refractivity contribution in [2.75, 3.05) is 0 Å². The van der Waals surface area contributed by atoms with Crippen molar-refractivity contribution in [1.29, 1.82) is 0 Å². The molecule has 5 heteroatoms. The molecule has 5 nitrogen and oxygen atoms in total. The first-order valence-electron chi connectivity index (χ1n) is 4.40. The first-order valence-corrected chi connectivity index (χ1v) is 4.40. The van der Waals surface area contributed by atoms with Gasteiger partial charge in [0.05, 0.1) is 0 Å². The van der Waals surface area contributed by atoms with Gasteiger partial charge < -0.3 is 0 Å². The molecular weight excluding hydrogens is 170 g/mol. The minimum absolute atomic E-state index is 0.379. The van der Waals surface area contributed by atoms with Crippen molar-refractivity contribution in [1.82, 2.24) is 14.5 Å². The Kier molecular flexibility index (Phi) is 3.42. The fraction of sp³-hybridized carbons (Fsp3) is 0.625. The third kappa shape index (κ3) is 2.54. The fourth-order valence-electron chi connectivity index (χ4n) is 1.09. The predicted octanol–water partition coefficient (Wildman–Crippen LogP) is 0.122. The maximum atomic E-state index is 11.1. The SMILES string of the molecule is CCCCCn1c(=O)nc[nH]c1=O. The highest BCUT2D eigenvalue weighted by Gasteiger charge is 1.99. The number of nitrogens with zero attached hydrogens (tertiary/aromatic N) is 2. The molecule has 1 heterocycles. The van der Waals surface area contributed by atoms with E-state index in [1.54, 1.807) is 0 Å². The molecule has 1 N–H and O–H groups in total. The highest BCUT2D eigenvalue weighted by atomic mass is 16.2. The smallest absolute Gasteiger partial charge is 0.298 e. The number of aromatic amines is 1. The van der Waals surface area contributed by atoms with Crippen LogP contribution < -0.4 is 11.4 Å². The molecule has 0 aromatic carbocycles. The van der Waals surface area contributed by atoms with E-state index in [1.807, 2.05) is 0 Å². The molecule has 0 saturated carbocycles. The highest BCUT2D eigenvalue weighted by Crippen LogP contribution is 1.93. The molecule has 1 aromatic rings. The van der Waals surface area contributed by atoms with Crippen LogP contribution in [0, 0.1) is 0 Å². The summed E-state index contributed by atoms with van der Waals surface area (Å²) in [5.41, 5.74) is -0.851. The molecule has 0 saturated heterocycles. The number of H-pyrrole nitrogens is 1. The minimum Gasteiger partial charge on any atom is -0.298 e. The molecule has 0 aliphatic carbocycles. The Morgan fingerprint density at radius 3 is 2.85 bits per heavy atom. The molecule has 0 radical (unpaired) electrons. The van der Waals surface area contributed by atoms with Crippen LogP contribution in [0.1, 0.15) is 26.2 Å². The Morgan fingerprint density at radius 2 is 2.23 bits per heavy atom. The minimum atomic E-state index is -0.472. The van der Waals surface area contributed by atoms with Crippen LogP contribution in [-0.4, -0.2) is 14.5 Å². The normalized spacial score (nSPS) is 10.2. The zero-order valence-corrected chi connectivity index (χ0v) is 7.62. The molecular formula is C8H13N3O2.